The van der Waals surface area contributed by atoms with E-state index in [2.05, 4.69) is 16.0 Å². The van der Waals surface area contributed by atoms with E-state index >= 15 is 0 Å². The number of carbonyl (C=O) groups excluding carboxylic acids is 3. The molecule has 0 aliphatic rings. The van der Waals surface area contributed by atoms with Gasteiger partial charge in [0.1, 0.15) is 12.1 Å². The van der Waals surface area contributed by atoms with E-state index in [9.17, 15) is 29.1 Å². The number of aliphatic carboxylic acids is 2. The zero-order valence-corrected chi connectivity index (χ0v) is 15.8. The molecule has 28 heavy (non-hydrogen) atoms. The summed E-state index contributed by atoms with van der Waals surface area (Å²) >= 11 is 0. The molecule has 160 valence electrons. The Balaban J connectivity index is 4.92. The van der Waals surface area contributed by atoms with Gasteiger partial charge in [0.25, 0.3) is 0 Å². The van der Waals surface area contributed by atoms with Gasteiger partial charge in [-0.25, -0.2) is 4.79 Å². The number of unbranched alkanes of at least 4 members (excludes halogenated alkanes) is 1. The van der Waals surface area contributed by atoms with Crippen molar-refractivity contribution in [3.05, 3.63) is 0 Å². The Hall–Kier alpha value is -2.73. The number of hydrogen-bond donors (Lipinski definition) is 7. The van der Waals surface area contributed by atoms with Crippen molar-refractivity contribution >= 4 is 29.7 Å². The lowest BCUT2D eigenvalue weighted by Gasteiger charge is -2.21. The summed E-state index contributed by atoms with van der Waals surface area (Å²) in [6.07, 6.45) is 0.530. The lowest BCUT2D eigenvalue weighted by molar-refractivity contribution is -0.143. The second-order valence-corrected chi connectivity index (χ2v) is 6.24. The van der Waals surface area contributed by atoms with Gasteiger partial charge >= 0.3 is 11.9 Å². The molecule has 12 nitrogen and oxygen atoms in total. The smallest absolute Gasteiger partial charge is 0.326 e. The van der Waals surface area contributed by atoms with Gasteiger partial charge in [0.2, 0.25) is 17.7 Å². The first kappa shape index (κ1) is 25.3. The molecule has 0 spiro atoms. The third-order valence-electron chi connectivity index (χ3n) is 3.70. The minimum Gasteiger partial charge on any atom is -0.481 e. The van der Waals surface area contributed by atoms with E-state index in [0.29, 0.717) is 19.4 Å². The number of carboxylic acids is 2. The van der Waals surface area contributed by atoms with E-state index in [1.807, 2.05) is 0 Å². The molecule has 0 aromatic heterocycles. The molecule has 9 N–H and O–H groups in total. The lowest BCUT2D eigenvalue weighted by Crippen LogP contribution is -2.53. The van der Waals surface area contributed by atoms with E-state index in [0.717, 1.165) is 0 Å². The quantitative estimate of drug-likeness (QED) is 0.152. The van der Waals surface area contributed by atoms with Crippen LogP contribution in [-0.2, 0) is 24.0 Å². The van der Waals surface area contributed by atoms with Gasteiger partial charge in [0.15, 0.2) is 0 Å². The molecule has 0 aliphatic carbocycles. The third-order valence-corrected chi connectivity index (χ3v) is 3.70. The first-order chi connectivity index (χ1) is 13.1. The van der Waals surface area contributed by atoms with Gasteiger partial charge in [0, 0.05) is 6.42 Å². The summed E-state index contributed by atoms with van der Waals surface area (Å²) in [5, 5.41) is 24.9. The highest BCUT2D eigenvalue weighted by atomic mass is 16.4. The number of carbonyl (C=O) groups is 5. The third kappa shape index (κ3) is 11.1. The molecule has 0 aromatic rings. The highest BCUT2D eigenvalue weighted by molar-refractivity contribution is 5.92. The molecule has 3 unspecified atom stereocenters. The summed E-state index contributed by atoms with van der Waals surface area (Å²) < 4.78 is 0. The molecular weight excluding hydrogens is 374 g/mol. The average Bonchev–Trinajstić information content (AvgIpc) is 2.61. The van der Waals surface area contributed by atoms with Crippen molar-refractivity contribution in [2.45, 2.75) is 57.2 Å². The molecule has 0 radical (unpaired) electrons. The van der Waals surface area contributed by atoms with Crippen LogP contribution in [0.1, 0.15) is 39.0 Å². The fourth-order valence-corrected chi connectivity index (χ4v) is 2.13. The van der Waals surface area contributed by atoms with Crippen molar-refractivity contribution in [2.75, 3.05) is 13.1 Å². The van der Waals surface area contributed by atoms with Crippen LogP contribution >= 0.6 is 0 Å². The van der Waals surface area contributed by atoms with Crippen LogP contribution in [0.5, 0.6) is 0 Å². The Labute approximate surface area is 162 Å². The molecule has 12 heteroatoms. The molecule has 0 saturated carbocycles. The normalized spacial score (nSPS) is 13.7. The minimum absolute atomic E-state index is 0.141. The predicted molar refractivity (Wildman–Crippen MR) is 97.9 cm³/mol. The van der Waals surface area contributed by atoms with Crippen LogP contribution in [0.4, 0.5) is 0 Å². The molecule has 0 heterocycles. The first-order valence-corrected chi connectivity index (χ1v) is 8.86. The maximum Gasteiger partial charge on any atom is 0.326 e. The van der Waals surface area contributed by atoms with E-state index in [4.69, 9.17) is 16.6 Å². The maximum absolute atomic E-state index is 12.4. The van der Waals surface area contributed by atoms with Crippen molar-refractivity contribution in [1.82, 2.24) is 16.0 Å². The second-order valence-electron chi connectivity index (χ2n) is 6.24. The Morgan fingerprint density at radius 1 is 0.929 bits per heavy atom. The highest BCUT2D eigenvalue weighted by Crippen LogP contribution is 2.04. The Morgan fingerprint density at radius 3 is 2.07 bits per heavy atom. The van der Waals surface area contributed by atoms with Gasteiger partial charge in [-0.1, -0.05) is 0 Å². The number of carboxylic acid groups (broad SMARTS) is 2. The Morgan fingerprint density at radius 2 is 1.57 bits per heavy atom. The number of rotatable bonds is 14. The monoisotopic (exact) mass is 403 g/mol. The van der Waals surface area contributed by atoms with Crippen molar-refractivity contribution in [2.24, 2.45) is 11.5 Å². The maximum atomic E-state index is 12.4. The zero-order chi connectivity index (χ0) is 21.7. The van der Waals surface area contributed by atoms with Crippen LogP contribution < -0.4 is 27.4 Å². The highest BCUT2D eigenvalue weighted by Gasteiger charge is 2.27. The standard InChI is InChI=1S/C16H29N5O7/c1-9(18)14(25)19-8-12(22)20-10(5-6-13(23)24)15(26)21-11(16(27)28)4-2-3-7-17/h9-11H,2-8,17-18H2,1H3,(H,19,25)(H,20,22)(H,21,26)(H,23,24)(H,27,28). The Kier molecular flexibility index (Phi) is 12.1. The summed E-state index contributed by atoms with van der Waals surface area (Å²) in [4.78, 5) is 57.8. The van der Waals surface area contributed by atoms with Crippen molar-refractivity contribution < 1.29 is 34.2 Å². The zero-order valence-electron chi connectivity index (χ0n) is 15.8. The lowest BCUT2D eigenvalue weighted by atomic mass is 10.1. The summed E-state index contributed by atoms with van der Waals surface area (Å²) in [7, 11) is 0. The minimum atomic E-state index is -1.27. The molecule has 0 aromatic carbocycles. The summed E-state index contributed by atoms with van der Waals surface area (Å²) in [5.41, 5.74) is 10.7. The summed E-state index contributed by atoms with van der Waals surface area (Å²) in [6, 6.07) is -3.29. The SMILES string of the molecule is CC(N)C(=O)NCC(=O)NC(CCC(=O)O)C(=O)NC(CCCCN)C(=O)O. The van der Waals surface area contributed by atoms with Gasteiger partial charge < -0.3 is 37.6 Å². The van der Waals surface area contributed by atoms with Gasteiger partial charge in [-0.05, 0) is 39.2 Å². The van der Waals surface area contributed by atoms with Crippen LogP contribution in [0.2, 0.25) is 0 Å². The summed E-state index contributed by atoms with van der Waals surface area (Å²) in [5.74, 6) is -4.58. The molecule has 0 rings (SSSR count). The molecule has 3 atom stereocenters. The number of amides is 3. The second kappa shape index (κ2) is 13.4. The van der Waals surface area contributed by atoms with Crippen molar-refractivity contribution in [1.29, 1.82) is 0 Å². The van der Waals surface area contributed by atoms with Crippen LogP contribution in [0.3, 0.4) is 0 Å². The topological polar surface area (TPSA) is 214 Å². The van der Waals surface area contributed by atoms with Crippen LogP contribution in [0.15, 0.2) is 0 Å². The van der Waals surface area contributed by atoms with Gasteiger partial charge in [-0.3, -0.25) is 19.2 Å². The van der Waals surface area contributed by atoms with E-state index in [-0.39, 0.29) is 12.8 Å². The number of hydrogen-bond acceptors (Lipinski definition) is 7. The van der Waals surface area contributed by atoms with Gasteiger partial charge in [-0.2, -0.15) is 0 Å². The fourth-order valence-electron chi connectivity index (χ4n) is 2.13. The summed E-state index contributed by atoms with van der Waals surface area (Å²) in [6.45, 7) is 1.34. The Bertz CT molecular complexity index is 568. The van der Waals surface area contributed by atoms with Crippen molar-refractivity contribution in [3.63, 3.8) is 0 Å². The number of nitrogens with one attached hydrogen (secondary N) is 3. The molecule has 0 saturated heterocycles. The van der Waals surface area contributed by atoms with Crippen LogP contribution in [0, 0.1) is 0 Å². The molecular formula is C16H29N5O7. The molecule has 0 bridgehead atoms. The van der Waals surface area contributed by atoms with Crippen LogP contribution in [0.25, 0.3) is 0 Å². The fraction of sp³-hybridized carbons (Fsp3) is 0.688. The van der Waals surface area contributed by atoms with Crippen molar-refractivity contribution in [3.8, 4) is 0 Å². The molecule has 3 amide bonds. The van der Waals surface area contributed by atoms with Gasteiger partial charge in [-0.15, -0.1) is 0 Å². The van der Waals surface area contributed by atoms with E-state index in [1.54, 1.807) is 0 Å². The van der Waals surface area contributed by atoms with E-state index in [1.165, 1.54) is 6.92 Å². The largest absolute Gasteiger partial charge is 0.481 e. The predicted octanol–water partition coefficient (Wildman–Crippen LogP) is -2.50. The average molecular weight is 403 g/mol. The van der Waals surface area contributed by atoms with E-state index < -0.39 is 60.8 Å². The molecule has 0 aliphatic heterocycles. The van der Waals surface area contributed by atoms with Crippen LogP contribution in [-0.4, -0.2) is 71.1 Å². The number of nitrogens with two attached hydrogens (primary N) is 2. The molecule has 0 fully saturated rings. The van der Waals surface area contributed by atoms with Gasteiger partial charge in [0.05, 0.1) is 12.6 Å². The first-order valence-electron chi connectivity index (χ1n) is 8.86.